The highest BCUT2D eigenvalue weighted by molar-refractivity contribution is 5.92. The molecule has 0 aromatic heterocycles. The maximum Gasteiger partial charge on any atom is 0.238 e. The number of benzene rings is 2. The Balaban J connectivity index is 1.86. The van der Waals surface area contributed by atoms with Crippen LogP contribution in [0, 0.1) is 0 Å². The molecule has 0 saturated carbocycles. The number of likely N-dealkylation sites (N-methyl/N-ethyl adjacent to an activating group) is 2. The number of carbonyl (C=O) groups is 2. The summed E-state index contributed by atoms with van der Waals surface area (Å²) >= 11 is 0. The molecule has 0 heterocycles. The summed E-state index contributed by atoms with van der Waals surface area (Å²) in [6.07, 6.45) is 0. The topological polar surface area (TPSA) is 61.9 Å². The van der Waals surface area contributed by atoms with Gasteiger partial charge in [0.1, 0.15) is 5.75 Å². The standard InChI is InChI=1S/C21H27N3O3/c1-4-24(15-20(25)22-18-11-8-12-19(13-18)27-3)16-21(26)23(2)14-17-9-6-5-7-10-17/h5-13H,4,14-16H2,1-3H3,(H,22,25). The van der Waals surface area contributed by atoms with Crippen LogP contribution in [0.1, 0.15) is 12.5 Å². The quantitative estimate of drug-likeness (QED) is 0.738. The number of rotatable bonds is 9. The van der Waals surface area contributed by atoms with Crippen LogP contribution >= 0.6 is 0 Å². The monoisotopic (exact) mass is 369 g/mol. The van der Waals surface area contributed by atoms with Gasteiger partial charge in [-0.1, -0.05) is 43.3 Å². The SMILES string of the molecule is CCN(CC(=O)Nc1cccc(OC)c1)CC(=O)N(C)Cc1ccccc1. The van der Waals surface area contributed by atoms with Gasteiger partial charge in [0.2, 0.25) is 11.8 Å². The molecule has 0 fully saturated rings. The number of ether oxygens (including phenoxy) is 1. The summed E-state index contributed by atoms with van der Waals surface area (Å²) in [5, 5.41) is 2.84. The van der Waals surface area contributed by atoms with Crippen molar-refractivity contribution in [3.8, 4) is 5.75 Å². The molecule has 144 valence electrons. The average Bonchev–Trinajstić information content (AvgIpc) is 2.68. The second-order valence-corrected chi connectivity index (χ2v) is 6.32. The summed E-state index contributed by atoms with van der Waals surface area (Å²) in [7, 11) is 3.36. The minimum absolute atomic E-state index is 0.0186. The molecule has 0 aliphatic heterocycles. The number of amides is 2. The first-order valence-corrected chi connectivity index (χ1v) is 8.96. The van der Waals surface area contributed by atoms with Gasteiger partial charge in [-0.15, -0.1) is 0 Å². The van der Waals surface area contributed by atoms with Crippen molar-refractivity contribution in [1.29, 1.82) is 0 Å². The summed E-state index contributed by atoms with van der Waals surface area (Å²) in [6, 6.07) is 17.0. The Labute approximate surface area is 160 Å². The fourth-order valence-electron chi connectivity index (χ4n) is 2.64. The second-order valence-electron chi connectivity index (χ2n) is 6.32. The molecule has 0 aliphatic rings. The van der Waals surface area contributed by atoms with Crippen LogP contribution in [-0.2, 0) is 16.1 Å². The van der Waals surface area contributed by atoms with Crippen molar-refractivity contribution in [3.05, 3.63) is 60.2 Å². The third-order valence-electron chi connectivity index (χ3n) is 4.22. The number of hydrogen-bond acceptors (Lipinski definition) is 4. The van der Waals surface area contributed by atoms with Gasteiger partial charge in [0.25, 0.3) is 0 Å². The number of carbonyl (C=O) groups excluding carboxylic acids is 2. The lowest BCUT2D eigenvalue weighted by molar-refractivity contribution is -0.132. The highest BCUT2D eigenvalue weighted by Crippen LogP contribution is 2.16. The van der Waals surface area contributed by atoms with E-state index in [0.717, 1.165) is 5.56 Å². The molecule has 0 saturated heterocycles. The van der Waals surface area contributed by atoms with Crippen LogP contribution in [0.15, 0.2) is 54.6 Å². The highest BCUT2D eigenvalue weighted by atomic mass is 16.5. The van der Waals surface area contributed by atoms with Gasteiger partial charge in [0.05, 0.1) is 20.2 Å². The first-order chi connectivity index (χ1) is 13.0. The molecule has 27 heavy (non-hydrogen) atoms. The van der Waals surface area contributed by atoms with Crippen molar-refractivity contribution in [2.24, 2.45) is 0 Å². The summed E-state index contributed by atoms with van der Waals surface area (Å²) in [5.74, 6) is 0.497. The molecule has 2 aromatic carbocycles. The van der Waals surface area contributed by atoms with Crippen LogP contribution in [0.3, 0.4) is 0 Å². The fraction of sp³-hybridized carbons (Fsp3) is 0.333. The average molecular weight is 369 g/mol. The molecule has 0 aliphatic carbocycles. The van der Waals surface area contributed by atoms with Crippen LogP contribution in [0.4, 0.5) is 5.69 Å². The van der Waals surface area contributed by atoms with Gasteiger partial charge < -0.3 is 15.0 Å². The van der Waals surface area contributed by atoms with E-state index in [-0.39, 0.29) is 24.9 Å². The Morgan fingerprint density at radius 3 is 2.44 bits per heavy atom. The molecule has 6 heteroatoms. The van der Waals surface area contributed by atoms with E-state index in [1.807, 2.05) is 54.3 Å². The highest BCUT2D eigenvalue weighted by Gasteiger charge is 2.16. The lowest BCUT2D eigenvalue weighted by Gasteiger charge is -2.23. The maximum atomic E-state index is 12.5. The molecule has 0 radical (unpaired) electrons. The minimum Gasteiger partial charge on any atom is -0.497 e. The lowest BCUT2D eigenvalue weighted by atomic mass is 10.2. The molecular weight excluding hydrogens is 342 g/mol. The van der Waals surface area contributed by atoms with E-state index in [0.29, 0.717) is 24.5 Å². The minimum atomic E-state index is -0.163. The van der Waals surface area contributed by atoms with Crippen LogP contribution < -0.4 is 10.1 Å². The summed E-state index contributed by atoms with van der Waals surface area (Å²) in [5.41, 5.74) is 1.75. The second kappa shape index (κ2) is 10.3. The molecule has 0 atom stereocenters. The first kappa shape index (κ1) is 20.5. The molecule has 6 nitrogen and oxygen atoms in total. The zero-order valence-corrected chi connectivity index (χ0v) is 16.1. The molecule has 2 amide bonds. The lowest BCUT2D eigenvalue weighted by Crippen LogP contribution is -2.41. The molecule has 2 rings (SSSR count). The predicted octanol–water partition coefficient (Wildman–Crippen LogP) is 2.61. The van der Waals surface area contributed by atoms with E-state index in [4.69, 9.17) is 4.74 Å². The van der Waals surface area contributed by atoms with Crippen LogP contribution in [0.5, 0.6) is 5.75 Å². The van der Waals surface area contributed by atoms with Crippen LogP contribution in [0.25, 0.3) is 0 Å². The van der Waals surface area contributed by atoms with Crippen molar-refractivity contribution in [1.82, 2.24) is 9.80 Å². The van der Waals surface area contributed by atoms with Crippen molar-refractivity contribution in [2.45, 2.75) is 13.5 Å². The number of hydrogen-bond donors (Lipinski definition) is 1. The number of nitrogens with zero attached hydrogens (tertiary/aromatic N) is 2. The summed E-state index contributed by atoms with van der Waals surface area (Å²) in [6.45, 7) is 3.44. The first-order valence-electron chi connectivity index (χ1n) is 8.96. The van der Waals surface area contributed by atoms with Gasteiger partial charge in [-0.2, -0.15) is 0 Å². The van der Waals surface area contributed by atoms with Gasteiger partial charge in [0.15, 0.2) is 0 Å². The van der Waals surface area contributed by atoms with Gasteiger partial charge >= 0.3 is 0 Å². The largest absolute Gasteiger partial charge is 0.497 e. The van der Waals surface area contributed by atoms with Crippen molar-refractivity contribution in [2.75, 3.05) is 39.1 Å². The maximum absolute atomic E-state index is 12.5. The van der Waals surface area contributed by atoms with Crippen LogP contribution in [0.2, 0.25) is 0 Å². The fourth-order valence-corrected chi connectivity index (χ4v) is 2.64. The number of methoxy groups -OCH3 is 1. The molecule has 0 bridgehead atoms. The Morgan fingerprint density at radius 2 is 1.78 bits per heavy atom. The Hall–Kier alpha value is -2.86. The van der Waals surface area contributed by atoms with E-state index in [1.165, 1.54) is 0 Å². The van der Waals surface area contributed by atoms with E-state index in [9.17, 15) is 9.59 Å². The number of anilines is 1. The molecule has 1 N–H and O–H groups in total. The Kier molecular flexibility index (Phi) is 7.82. The van der Waals surface area contributed by atoms with E-state index < -0.39 is 0 Å². The summed E-state index contributed by atoms with van der Waals surface area (Å²) < 4.78 is 5.15. The zero-order chi connectivity index (χ0) is 19.6. The predicted molar refractivity (Wildman–Crippen MR) is 107 cm³/mol. The van der Waals surface area contributed by atoms with Gasteiger partial charge in [-0.05, 0) is 24.2 Å². The van der Waals surface area contributed by atoms with E-state index in [1.54, 1.807) is 31.2 Å². The van der Waals surface area contributed by atoms with E-state index in [2.05, 4.69) is 5.32 Å². The Bertz CT molecular complexity index is 749. The zero-order valence-electron chi connectivity index (χ0n) is 16.1. The van der Waals surface area contributed by atoms with Crippen molar-refractivity contribution < 1.29 is 14.3 Å². The molecule has 0 spiro atoms. The molecule has 0 unspecified atom stereocenters. The normalized spacial score (nSPS) is 10.5. The third-order valence-corrected chi connectivity index (χ3v) is 4.22. The van der Waals surface area contributed by atoms with E-state index >= 15 is 0 Å². The Morgan fingerprint density at radius 1 is 1.04 bits per heavy atom. The van der Waals surface area contributed by atoms with Gasteiger partial charge in [-0.25, -0.2) is 0 Å². The summed E-state index contributed by atoms with van der Waals surface area (Å²) in [4.78, 5) is 28.3. The molecule has 2 aromatic rings. The molecular formula is C21H27N3O3. The third kappa shape index (κ3) is 6.75. The van der Waals surface area contributed by atoms with Gasteiger partial charge in [-0.3, -0.25) is 14.5 Å². The van der Waals surface area contributed by atoms with Crippen LogP contribution in [-0.4, -0.2) is 55.4 Å². The van der Waals surface area contributed by atoms with Gasteiger partial charge in [0, 0.05) is 25.3 Å². The van der Waals surface area contributed by atoms with Crippen molar-refractivity contribution >= 4 is 17.5 Å². The number of nitrogens with one attached hydrogen (secondary N) is 1. The smallest absolute Gasteiger partial charge is 0.238 e. The van der Waals surface area contributed by atoms with Crippen molar-refractivity contribution in [3.63, 3.8) is 0 Å².